The summed E-state index contributed by atoms with van der Waals surface area (Å²) < 4.78 is 32.9. The number of hydrogen-bond donors (Lipinski definition) is 2. The van der Waals surface area contributed by atoms with E-state index in [1.807, 2.05) is 0 Å². The molecule has 1 heterocycles. The minimum atomic E-state index is -3.88. The molecule has 0 spiro atoms. The van der Waals surface area contributed by atoms with Crippen molar-refractivity contribution in [2.45, 2.75) is 24.7 Å². The maximum atomic E-state index is 13.2. The summed E-state index contributed by atoms with van der Waals surface area (Å²) in [6.07, 6.45) is 1.14. The quantitative estimate of drug-likeness (QED) is 0.680. The Kier molecular flexibility index (Phi) is 7.19. The largest absolute Gasteiger partial charge is 0.495 e. The fourth-order valence-corrected chi connectivity index (χ4v) is 5.39. The van der Waals surface area contributed by atoms with Gasteiger partial charge in [0.1, 0.15) is 10.6 Å². The molecule has 1 atom stereocenters. The van der Waals surface area contributed by atoms with Crippen molar-refractivity contribution in [3.8, 4) is 5.75 Å². The third kappa shape index (κ3) is 5.55. The lowest BCUT2D eigenvalue weighted by molar-refractivity contribution is -0.121. The molecule has 1 fully saturated rings. The second kappa shape index (κ2) is 9.67. The molecule has 2 amide bonds. The third-order valence-electron chi connectivity index (χ3n) is 4.97. The zero-order valence-electron chi connectivity index (χ0n) is 17.2. The van der Waals surface area contributed by atoms with Crippen molar-refractivity contribution < 1.29 is 22.7 Å². The van der Waals surface area contributed by atoms with Gasteiger partial charge in [-0.25, -0.2) is 8.42 Å². The molecule has 8 nitrogen and oxygen atoms in total. The van der Waals surface area contributed by atoms with Crippen LogP contribution in [0.3, 0.4) is 0 Å². The van der Waals surface area contributed by atoms with E-state index in [4.69, 9.17) is 16.3 Å². The van der Waals surface area contributed by atoms with E-state index in [9.17, 15) is 18.0 Å². The van der Waals surface area contributed by atoms with Gasteiger partial charge in [0.2, 0.25) is 21.8 Å². The van der Waals surface area contributed by atoms with Gasteiger partial charge in [-0.05, 0) is 55.3 Å². The Morgan fingerprint density at radius 1 is 1.10 bits per heavy atom. The van der Waals surface area contributed by atoms with Gasteiger partial charge in [-0.1, -0.05) is 11.6 Å². The van der Waals surface area contributed by atoms with E-state index in [2.05, 4.69) is 10.6 Å². The number of halogens is 1. The van der Waals surface area contributed by atoms with E-state index in [1.54, 1.807) is 30.3 Å². The Labute approximate surface area is 186 Å². The van der Waals surface area contributed by atoms with Gasteiger partial charge in [-0.2, -0.15) is 4.31 Å². The summed E-state index contributed by atoms with van der Waals surface area (Å²) in [6.45, 7) is 1.79. The average Bonchev–Trinajstić information content (AvgIpc) is 2.74. The molecule has 166 valence electrons. The Morgan fingerprint density at radius 2 is 1.74 bits per heavy atom. The highest BCUT2D eigenvalue weighted by atomic mass is 35.5. The maximum Gasteiger partial charge on any atom is 0.246 e. The molecule has 0 aromatic heterocycles. The Morgan fingerprint density at radius 3 is 2.35 bits per heavy atom. The Bertz CT molecular complexity index is 1070. The summed E-state index contributed by atoms with van der Waals surface area (Å²) in [7, 11) is -2.49. The highest BCUT2D eigenvalue weighted by molar-refractivity contribution is 7.89. The molecule has 0 bridgehead atoms. The summed E-state index contributed by atoms with van der Waals surface area (Å²) in [4.78, 5) is 23.9. The summed E-state index contributed by atoms with van der Waals surface area (Å²) in [5.41, 5.74) is 1.19. The minimum Gasteiger partial charge on any atom is -0.495 e. The van der Waals surface area contributed by atoms with E-state index in [1.165, 1.54) is 30.5 Å². The van der Waals surface area contributed by atoms with Crippen LogP contribution in [0.1, 0.15) is 19.8 Å². The van der Waals surface area contributed by atoms with Gasteiger partial charge in [0.25, 0.3) is 0 Å². The van der Waals surface area contributed by atoms with Crippen LogP contribution in [0.2, 0.25) is 5.02 Å². The molecule has 1 aliphatic rings. The van der Waals surface area contributed by atoms with Gasteiger partial charge < -0.3 is 15.4 Å². The zero-order chi connectivity index (χ0) is 22.6. The van der Waals surface area contributed by atoms with Crippen LogP contribution in [-0.2, 0) is 19.6 Å². The van der Waals surface area contributed by atoms with Crippen LogP contribution in [0.4, 0.5) is 11.4 Å². The lowest BCUT2D eigenvalue weighted by atomic mass is 9.98. The summed E-state index contributed by atoms with van der Waals surface area (Å²) in [5.74, 6) is -0.735. The Balaban J connectivity index is 1.72. The lowest BCUT2D eigenvalue weighted by Crippen LogP contribution is -2.43. The number of hydrogen-bond acceptors (Lipinski definition) is 5. The van der Waals surface area contributed by atoms with Gasteiger partial charge in [0.15, 0.2) is 0 Å². The number of amides is 2. The first-order valence-electron chi connectivity index (χ1n) is 9.73. The van der Waals surface area contributed by atoms with Crippen LogP contribution in [0.5, 0.6) is 5.75 Å². The van der Waals surface area contributed by atoms with Crippen LogP contribution >= 0.6 is 11.6 Å². The normalized spacial score (nSPS) is 17.1. The number of sulfonamides is 1. The van der Waals surface area contributed by atoms with Crippen molar-refractivity contribution in [2.75, 3.05) is 30.8 Å². The number of anilines is 2. The molecule has 0 unspecified atom stereocenters. The molecule has 31 heavy (non-hydrogen) atoms. The molecule has 2 N–H and O–H groups in total. The zero-order valence-corrected chi connectivity index (χ0v) is 18.8. The third-order valence-corrected chi connectivity index (χ3v) is 7.09. The fraction of sp³-hybridized carbons (Fsp3) is 0.333. The van der Waals surface area contributed by atoms with E-state index < -0.39 is 15.9 Å². The molecule has 10 heteroatoms. The second-order valence-electron chi connectivity index (χ2n) is 7.25. The van der Waals surface area contributed by atoms with Crippen LogP contribution in [0.15, 0.2) is 47.4 Å². The van der Waals surface area contributed by atoms with Crippen LogP contribution in [0.25, 0.3) is 0 Å². The average molecular weight is 466 g/mol. The summed E-state index contributed by atoms with van der Waals surface area (Å²) in [5, 5.41) is 5.76. The van der Waals surface area contributed by atoms with Crippen molar-refractivity contribution in [3.63, 3.8) is 0 Å². The fourth-order valence-electron chi connectivity index (χ4n) is 3.45. The molecular weight excluding hydrogens is 442 g/mol. The van der Waals surface area contributed by atoms with Crippen LogP contribution in [0, 0.1) is 5.92 Å². The number of nitrogens with zero attached hydrogens (tertiary/aromatic N) is 1. The number of methoxy groups -OCH3 is 1. The number of rotatable bonds is 6. The van der Waals surface area contributed by atoms with Gasteiger partial charge in [-0.3, -0.25) is 9.59 Å². The molecule has 1 aliphatic heterocycles. The first-order chi connectivity index (χ1) is 14.7. The SMILES string of the molecule is COc1ccc(Cl)cc1S(=O)(=O)N1CCC[C@H](C(=O)Nc2ccc(NC(C)=O)cc2)C1. The molecular formula is C21H24ClN3O5S. The molecule has 0 radical (unpaired) electrons. The smallest absolute Gasteiger partial charge is 0.246 e. The van der Waals surface area contributed by atoms with Crippen LogP contribution in [-0.4, -0.2) is 44.7 Å². The first-order valence-corrected chi connectivity index (χ1v) is 11.5. The number of carbonyl (C=O) groups excluding carboxylic acids is 2. The molecule has 2 aromatic carbocycles. The van der Waals surface area contributed by atoms with E-state index in [0.717, 1.165) is 0 Å². The number of nitrogens with one attached hydrogen (secondary N) is 2. The predicted molar refractivity (Wildman–Crippen MR) is 119 cm³/mol. The van der Waals surface area contributed by atoms with Gasteiger partial charge in [0, 0.05) is 36.4 Å². The molecule has 0 saturated carbocycles. The number of benzene rings is 2. The molecule has 1 saturated heterocycles. The highest BCUT2D eigenvalue weighted by Gasteiger charge is 2.35. The standard InChI is InChI=1S/C21H24ClN3O5S/c1-14(26)23-17-6-8-18(9-7-17)24-21(27)15-4-3-11-25(13-15)31(28,29)20-12-16(22)5-10-19(20)30-2/h5-10,12,15H,3-4,11,13H2,1-2H3,(H,23,26)(H,24,27)/t15-/m0/s1. The molecule has 2 aromatic rings. The minimum absolute atomic E-state index is 0.0166. The van der Waals surface area contributed by atoms with Crippen molar-refractivity contribution >= 4 is 44.8 Å². The molecule has 0 aliphatic carbocycles. The summed E-state index contributed by atoms with van der Waals surface area (Å²) in [6, 6.07) is 11.1. The van der Waals surface area contributed by atoms with E-state index in [0.29, 0.717) is 30.8 Å². The number of piperidine rings is 1. The highest BCUT2D eigenvalue weighted by Crippen LogP contribution is 2.32. The number of ether oxygens (including phenoxy) is 1. The molecule has 3 rings (SSSR count). The van der Waals surface area contributed by atoms with Gasteiger partial charge >= 0.3 is 0 Å². The topological polar surface area (TPSA) is 105 Å². The van der Waals surface area contributed by atoms with E-state index in [-0.39, 0.29) is 34.0 Å². The van der Waals surface area contributed by atoms with Crippen molar-refractivity contribution in [2.24, 2.45) is 5.92 Å². The predicted octanol–water partition coefficient (Wildman–Crippen LogP) is 3.35. The van der Waals surface area contributed by atoms with Gasteiger partial charge in [-0.15, -0.1) is 0 Å². The monoisotopic (exact) mass is 465 g/mol. The van der Waals surface area contributed by atoms with Crippen molar-refractivity contribution in [1.82, 2.24) is 4.31 Å². The van der Waals surface area contributed by atoms with Gasteiger partial charge in [0.05, 0.1) is 13.0 Å². The maximum absolute atomic E-state index is 13.2. The van der Waals surface area contributed by atoms with E-state index >= 15 is 0 Å². The summed E-state index contributed by atoms with van der Waals surface area (Å²) >= 11 is 6.00. The number of carbonyl (C=O) groups is 2. The first kappa shape index (κ1) is 23.1. The lowest BCUT2D eigenvalue weighted by Gasteiger charge is -2.31. The van der Waals surface area contributed by atoms with Crippen molar-refractivity contribution in [1.29, 1.82) is 0 Å². The Hall–Kier alpha value is -2.62. The van der Waals surface area contributed by atoms with Crippen molar-refractivity contribution in [3.05, 3.63) is 47.5 Å². The van der Waals surface area contributed by atoms with Crippen LogP contribution < -0.4 is 15.4 Å². The second-order valence-corrected chi connectivity index (χ2v) is 9.59.